The van der Waals surface area contributed by atoms with Crippen molar-refractivity contribution in [3.63, 3.8) is 0 Å². The van der Waals surface area contributed by atoms with Gasteiger partial charge in [0.15, 0.2) is 0 Å². The maximum Gasteiger partial charge on any atom is 0.0466 e. The Hall–Kier alpha value is -0.0800. The molecule has 0 aliphatic heterocycles. The van der Waals surface area contributed by atoms with E-state index in [-0.39, 0.29) is 0 Å². The second-order valence-electron chi connectivity index (χ2n) is 3.09. The molecule has 0 amide bonds. The minimum Gasteiger partial charge on any atom is -0.381 e. The molecule has 68 valence electrons. The Balaban J connectivity index is 2.80. The lowest BCUT2D eigenvalue weighted by Crippen LogP contribution is -2.15. The highest BCUT2D eigenvalue weighted by molar-refractivity contribution is 4.51. The van der Waals surface area contributed by atoms with Crippen molar-refractivity contribution in [3.8, 4) is 0 Å². The topological polar surface area (TPSA) is 35.2 Å². The molecule has 0 aromatic carbocycles. The second-order valence-corrected chi connectivity index (χ2v) is 3.09. The first-order chi connectivity index (χ1) is 5.27. The molecule has 1 unspecified atom stereocenters. The average molecular weight is 159 g/mol. The van der Waals surface area contributed by atoms with Gasteiger partial charge in [-0.2, -0.15) is 0 Å². The van der Waals surface area contributed by atoms with Gasteiger partial charge in [-0.1, -0.05) is 13.3 Å². The summed E-state index contributed by atoms with van der Waals surface area (Å²) < 4.78 is 5.37. The molecular formula is C9H21NO. The fraction of sp³-hybridized carbons (Fsp3) is 1.00. The zero-order valence-corrected chi connectivity index (χ0v) is 7.81. The van der Waals surface area contributed by atoms with Gasteiger partial charge in [-0.05, 0) is 26.2 Å². The average Bonchev–Trinajstić information content (AvgIpc) is 1.96. The highest BCUT2D eigenvalue weighted by Gasteiger charge is 1.93. The molecule has 0 fully saturated rings. The maximum atomic E-state index is 5.58. The van der Waals surface area contributed by atoms with Gasteiger partial charge in [0, 0.05) is 19.3 Å². The van der Waals surface area contributed by atoms with E-state index >= 15 is 0 Å². The van der Waals surface area contributed by atoms with Crippen LogP contribution in [0.25, 0.3) is 0 Å². The molecule has 0 heterocycles. The quantitative estimate of drug-likeness (QED) is 0.576. The number of rotatable bonds is 7. The van der Waals surface area contributed by atoms with Crippen LogP contribution in [0.5, 0.6) is 0 Å². The standard InChI is InChI=1S/C9H21NO/c1-3-4-7-11-8-5-6-9(2)10/h9H,3-8,10H2,1-2H3. The number of unbranched alkanes of at least 4 members (excludes halogenated alkanes) is 1. The highest BCUT2D eigenvalue weighted by atomic mass is 16.5. The molecule has 2 nitrogen and oxygen atoms in total. The van der Waals surface area contributed by atoms with Crippen molar-refractivity contribution >= 4 is 0 Å². The molecule has 2 N–H and O–H groups in total. The summed E-state index contributed by atoms with van der Waals surface area (Å²) >= 11 is 0. The van der Waals surface area contributed by atoms with Gasteiger partial charge in [0.1, 0.15) is 0 Å². The van der Waals surface area contributed by atoms with Crippen LogP contribution in [0.2, 0.25) is 0 Å². The molecule has 0 bridgehead atoms. The molecule has 0 saturated heterocycles. The number of nitrogens with two attached hydrogens (primary N) is 1. The van der Waals surface area contributed by atoms with Crippen molar-refractivity contribution in [1.82, 2.24) is 0 Å². The summed E-state index contributed by atoms with van der Waals surface area (Å²) in [5, 5.41) is 0. The Morgan fingerprint density at radius 1 is 1.27 bits per heavy atom. The van der Waals surface area contributed by atoms with Crippen LogP contribution in [0.1, 0.15) is 39.5 Å². The predicted octanol–water partition coefficient (Wildman–Crippen LogP) is 1.93. The van der Waals surface area contributed by atoms with Crippen molar-refractivity contribution < 1.29 is 4.74 Å². The van der Waals surface area contributed by atoms with Crippen LogP contribution < -0.4 is 5.73 Å². The summed E-state index contributed by atoms with van der Waals surface area (Å²) in [4.78, 5) is 0. The summed E-state index contributed by atoms with van der Waals surface area (Å²) in [5.74, 6) is 0. The molecular weight excluding hydrogens is 138 g/mol. The zero-order chi connectivity index (χ0) is 8.53. The Labute approximate surface area is 70.1 Å². The number of hydrogen-bond donors (Lipinski definition) is 1. The number of ether oxygens (including phenoxy) is 1. The molecule has 2 heteroatoms. The van der Waals surface area contributed by atoms with E-state index in [2.05, 4.69) is 6.92 Å². The molecule has 0 rings (SSSR count). The normalized spacial score (nSPS) is 13.4. The van der Waals surface area contributed by atoms with Gasteiger partial charge >= 0.3 is 0 Å². The third-order valence-electron chi connectivity index (χ3n) is 1.59. The Bertz CT molecular complexity index is 74.0. The Morgan fingerprint density at radius 3 is 2.45 bits per heavy atom. The van der Waals surface area contributed by atoms with E-state index in [1.165, 1.54) is 12.8 Å². The molecule has 1 atom stereocenters. The Kier molecular flexibility index (Phi) is 7.96. The van der Waals surface area contributed by atoms with Crippen LogP contribution in [-0.4, -0.2) is 19.3 Å². The van der Waals surface area contributed by atoms with E-state index in [4.69, 9.17) is 10.5 Å². The van der Waals surface area contributed by atoms with E-state index in [1.807, 2.05) is 6.92 Å². The van der Waals surface area contributed by atoms with Gasteiger partial charge in [0.2, 0.25) is 0 Å². The minimum atomic E-state index is 0.324. The SMILES string of the molecule is CCCCOCCCC(C)N. The van der Waals surface area contributed by atoms with Crippen molar-refractivity contribution in [3.05, 3.63) is 0 Å². The van der Waals surface area contributed by atoms with Crippen molar-refractivity contribution in [1.29, 1.82) is 0 Å². The van der Waals surface area contributed by atoms with Crippen LogP contribution in [0.4, 0.5) is 0 Å². The maximum absolute atomic E-state index is 5.58. The van der Waals surface area contributed by atoms with Crippen LogP contribution in [0, 0.1) is 0 Å². The molecule has 0 aliphatic rings. The summed E-state index contributed by atoms with van der Waals surface area (Å²) in [6, 6.07) is 0.324. The van der Waals surface area contributed by atoms with Crippen LogP contribution in [-0.2, 0) is 4.74 Å². The first-order valence-corrected chi connectivity index (χ1v) is 4.60. The van der Waals surface area contributed by atoms with E-state index in [9.17, 15) is 0 Å². The highest BCUT2D eigenvalue weighted by Crippen LogP contribution is 1.95. The van der Waals surface area contributed by atoms with E-state index in [0.29, 0.717) is 6.04 Å². The van der Waals surface area contributed by atoms with Crippen molar-refractivity contribution in [2.45, 2.75) is 45.6 Å². The van der Waals surface area contributed by atoms with E-state index in [0.717, 1.165) is 26.1 Å². The smallest absolute Gasteiger partial charge is 0.0466 e. The first kappa shape index (κ1) is 10.9. The van der Waals surface area contributed by atoms with Gasteiger partial charge in [-0.25, -0.2) is 0 Å². The fourth-order valence-corrected chi connectivity index (χ4v) is 0.856. The van der Waals surface area contributed by atoms with Crippen LogP contribution in [0.3, 0.4) is 0 Å². The molecule has 11 heavy (non-hydrogen) atoms. The summed E-state index contributed by atoms with van der Waals surface area (Å²) in [6.45, 7) is 5.99. The molecule has 0 saturated carbocycles. The third kappa shape index (κ3) is 9.92. The first-order valence-electron chi connectivity index (χ1n) is 4.60. The van der Waals surface area contributed by atoms with Crippen LogP contribution >= 0.6 is 0 Å². The third-order valence-corrected chi connectivity index (χ3v) is 1.59. The second kappa shape index (κ2) is 8.02. The van der Waals surface area contributed by atoms with Gasteiger partial charge in [-0.3, -0.25) is 0 Å². The lowest BCUT2D eigenvalue weighted by Gasteiger charge is -2.05. The lowest BCUT2D eigenvalue weighted by atomic mass is 10.2. The van der Waals surface area contributed by atoms with Gasteiger partial charge in [0.25, 0.3) is 0 Å². The Morgan fingerprint density at radius 2 is 1.91 bits per heavy atom. The fourth-order valence-electron chi connectivity index (χ4n) is 0.856. The monoisotopic (exact) mass is 159 g/mol. The summed E-state index contributed by atoms with van der Waals surface area (Å²) in [7, 11) is 0. The summed E-state index contributed by atoms with van der Waals surface area (Å²) in [5.41, 5.74) is 5.58. The lowest BCUT2D eigenvalue weighted by molar-refractivity contribution is 0.126. The zero-order valence-electron chi connectivity index (χ0n) is 7.81. The van der Waals surface area contributed by atoms with Gasteiger partial charge < -0.3 is 10.5 Å². The minimum absolute atomic E-state index is 0.324. The van der Waals surface area contributed by atoms with Gasteiger partial charge in [-0.15, -0.1) is 0 Å². The van der Waals surface area contributed by atoms with Gasteiger partial charge in [0.05, 0.1) is 0 Å². The summed E-state index contributed by atoms with van der Waals surface area (Å²) in [6.07, 6.45) is 4.57. The van der Waals surface area contributed by atoms with Crippen molar-refractivity contribution in [2.75, 3.05) is 13.2 Å². The van der Waals surface area contributed by atoms with E-state index in [1.54, 1.807) is 0 Å². The van der Waals surface area contributed by atoms with Crippen molar-refractivity contribution in [2.24, 2.45) is 5.73 Å². The van der Waals surface area contributed by atoms with E-state index < -0.39 is 0 Å². The molecule has 0 radical (unpaired) electrons. The van der Waals surface area contributed by atoms with Crippen LogP contribution in [0.15, 0.2) is 0 Å². The molecule has 0 spiro atoms. The number of hydrogen-bond acceptors (Lipinski definition) is 2. The molecule has 0 aromatic heterocycles. The molecule has 0 aromatic rings. The predicted molar refractivity (Wildman–Crippen MR) is 48.6 cm³/mol. The molecule has 0 aliphatic carbocycles. The largest absolute Gasteiger partial charge is 0.381 e.